The molecule has 0 unspecified atom stereocenters. The maximum atomic E-state index is 10.8. The van der Waals surface area contributed by atoms with Crippen LogP contribution in [0.2, 0.25) is 0 Å². The molecule has 0 aromatic carbocycles. The lowest BCUT2D eigenvalue weighted by molar-refractivity contribution is -0.135. The third-order valence-electron chi connectivity index (χ3n) is 1.27. The number of rotatable bonds is 1. The quantitative estimate of drug-likeness (QED) is 0.508. The predicted molar refractivity (Wildman–Crippen MR) is 36.3 cm³/mol. The van der Waals surface area contributed by atoms with E-state index in [1.807, 2.05) is 0 Å². The van der Waals surface area contributed by atoms with Crippen molar-refractivity contribution in [3.63, 3.8) is 0 Å². The van der Waals surface area contributed by atoms with Crippen molar-refractivity contribution in [1.82, 2.24) is 5.32 Å². The molecule has 3 nitrogen and oxygen atoms in total. The van der Waals surface area contributed by atoms with Crippen molar-refractivity contribution in [2.45, 2.75) is 0 Å². The number of amides is 1. The number of hydrogen-bond donors (Lipinski definition) is 1. The molecule has 0 saturated carbocycles. The van der Waals surface area contributed by atoms with E-state index in [4.69, 9.17) is 0 Å². The molecule has 0 bridgehead atoms. The van der Waals surface area contributed by atoms with Gasteiger partial charge in [0.2, 0.25) is 5.78 Å². The zero-order valence-electron chi connectivity index (χ0n) is 5.39. The minimum absolute atomic E-state index is 0.392. The summed E-state index contributed by atoms with van der Waals surface area (Å²) in [6.07, 6.45) is 3.03. The number of carbonyl (C=O) groups excluding carboxylic acids is 2. The first kappa shape index (κ1) is 6.74. The predicted octanol–water partition coefficient (Wildman–Crippen LogP) is -0.202. The van der Waals surface area contributed by atoms with Crippen LogP contribution >= 0.6 is 0 Å². The number of nitrogens with one attached hydrogen (secondary N) is 1. The molecule has 1 aliphatic rings. The second-order valence-electron chi connectivity index (χ2n) is 1.90. The van der Waals surface area contributed by atoms with E-state index >= 15 is 0 Å². The molecule has 1 aliphatic heterocycles. The molecule has 3 heteroatoms. The molecule has 1 N–H and O–H groups in total. The van der Waals surface area contributed by atoms with Gasteiger partial charge < -0.3 is 5.32 Å². The van der Waals surface area contributed by atoms with Crippen LogP contribution in [0.5, 0.6) is 0 Å². The van der Waals surface area contributed by atoms with Crippen LogP contribution in [0, 0.1) is 0 Å². The SMILES string of the molecule is C=CC1=CCNC(=O)C1=O. The first-order chi connectivity index (χ1) is 4.75. The van der Waals surface area contributed by atoms with E-state index in [0.717, 1.165) is 0 Å². The molecule has 1 heterocycles. The molecule has 0 atom stereocenters. The minimum atomic E-state index is -0.544. The molecule has 10 heavy (non-hydrogen) atoms. The van der Waals surface area contributed by atoms with E-state index in [2.05, 4.69) is 11.9 Å². The van der Waals surface area contributed by atoms with E-state index in [9.17, 15) is 9.59 Å². The van der Waals surface area contributed by atoms with Crippen molar-refractivity contribution >= 4 is 11.7 Å². The molecular weight excluding hydrogens is 130 g/mol. The molecule has 1 rings (SSSR count). The molecule has 0 spiro atoms. The van der Waals surface area contributed by atoms with Crippen LogP contribution in [-0.4, -0.2) is 18.2 Å². The zero-order valence-corrected chi connectivity index (χ0v) is 5.39. The summed E-state index contributed by atoms with van der Waals surface area (Å²) in [6.45, 7) is 3.82. The third kappa shape index (κ3) is 0.978. The Morgan fingerprint density at radius 1 is 1.60 bits per heavy atom. The molecule has 0 aliphatic carbocycles. The number of hydrogen-bond acceptors (Lipinski definition) is 2. The third-order valence-corrected chi connectivity index (χ3v) is 1.27. The Balaban J connectivity index is 2.91. The summed E-state index contributed by atoms with van der Waals surface area (Å²) in [5.74, 6) is -1.04. The van der Waals surface area contributed by atoms with E-state index in [-0.39, 0.29) is 0 Å². The first-order valence-corrected chi connectivity index (χ1v) is 2.91. The number of Topliss-reactive ketones (excluding diaryl/α,β-unsaturated/α-hetero) is 1. The van der Waals surface area contributed by atoms with Gasteiger partial charge in [-0.1, -0.05) is 18.7 Å². The Hall–Kier alpha value is -1.38. The lowest BCUT2D eigenvalue weighted by atomic mass is 10.1. The average molecular weight is 137 g/mol. The van der Waals surface area contributed by atoms with Crippen LogP contribution in [0.15, 0.2) is 24.3 Å². The van der Waals surface area contributed by atoms with Crippen LogP contribution in [0.1, 0.15) is 0 Å². The highest BCUT2D eigenvalue weighted by Crippen LogP contribution is 2.00. The molecule has 0 aromatic heterocycles. The molecular formula is C7H7NO2. The average Bonchev–Trinajstić information content (AvgIpc) is 1.95. The van der Waals surface area contributed by atoms with Crippen molar-refractivity contribution in [2.24, 2.45) is 0 Å². The van der Waals surface area contributed by atoms with Gasteiger partial charge in [0, 0.05) is 12.1 Å². The van der Waals surface area contributed by atoms with Gasteiger partial charge in [0.15, 0.2) is 0 Å². The smallest absolute Gasteiger partial charge is 0.292 e. The maximum absolute atomic E-state index is 10.8. The summed E-state index contributed by atoms with van der Waals surface area (Å²) in [6, 6.07) is 0. The highest BCUT2D eigenvalue weighted by molar-refractivity contribution is 6.44. The number of allylic oxidation sites excluding steroid dienone is 1. The van der Waals surface area contributed by atoms with Crippen molar-refractivity contribution in [3.05, 3.63) is 24.3 Å². The topological polar surface area (TPSA) is 46.2 Å². The van der Waals surface area contributed by atoms with E-state index in [0.29, 0.717) is 12.1 Å². The second kappa shape index (κ2) is 2.47. The van der Waals surface area contributed by atoms with Crippen LogP contribution in [0.4, 0.5) is 0 Å². The molecule has 0 fully saturated rings. The lowest BCUT2D eigenvalue weighted by Crippen LogP contribution is -2.35. The van der Waals surface area contributed by atoms with Crippen molar-refractivity contribution in [2.75, 3.05) is 6.54 Å². The normalized spacial score (nSPS) is 17.8. The van der Waals surface area contributed by atoms with Gasteiger partial charge in [0.25, 0.3) is 5.91 Å². The van der Waals surface area contributed by atoms with Crippen LogP contribution < -0.4 is 5.32 Å². The fourth-order valence-corrected chi connectivity index (χ4v) is 0.734. The van der Waals surface area contributed by atoms with Crippen molar-refractivity contribution < 1.29 is 9.59 Å². The standard InChI is InChI=1S/C7H7NO2/c1-2-5-3-4-8-7(10)6(5)9/h2-3H,1,4H2,(H,8,10). The Bertz CT molecular complexity index is 228. The molecule has 52 valence electrons. The summed E-state index contributed by atoms with van der Waals surface area (Å²) in [7, 11) is 0. The van der Waals surface area contributed by atoms with Crippen LogP contribution in [0.3, 0.4) is 0 Å². The molecule has 0 radical (unpaired) electrons. The monoisotopic (exact) mass is 137 g/mol. The van der Waals surface area contributed by atoms with Gasteiger partial charge in [-0.25, -0.2) is 0 Å². The molecule has 0 aromatic rings. The van der Waals surface area contributed by atoms with Gasteiger partial charge >= 0.3 is 0 Å². The van der Waals surface area contributed by atoms with Gasteiger partial charge in [0.1, 0.15) is 0 Å². The first-order valence-electron chi connectivity index (χ1n) is 2.91. The lowest BCUT2D eigenvalue weighted by Gasteiger charge is -2.07. The number of carbonyl (C=O) groups is 2. The Kier molecular flexibility index (Phi) is 1.67. The highest BCUT2D eigenvalue weighted by atomic mass is 16.2. The van der Waals surface area contributed by atoms with Gasteiger partial charge in [0.05, 0.1) is 0 Å². The maximum Gasteiger partial charge on any atom is 0.292 e. The molecule has 1 amide bonds. The van der Waals surface area contributed by atoms with Crippen molar-refractivity contribution in [3.8, 4) is 0 Å². The van der Waals surface area contributed by atoms with Crippen LogP contribution in [0.25, 0.3) is 0 Å². The van der Waals surface area contributed by atoms with Crippen molar-refractivity contribution in [1.29, 1.82) is 0 Å². The largest absolute Gasteiger partial charge is 0.346 e. The van der Waals surface area contributed by atoms with Crippen LogP contribution in [-0.2, 0) is 9.59 Å². The summed E-state index contributed by atoms with van der Waals surface area (Å²) < 4.78 is 0. The fourth-order valence-electron chi connectivity index (χ4n) is 0.734. The van der Waals surface area contributed by atoms with Gasteiger partial charge in [-0.05, 0) is 0 Å². The van der Waals surface area contributed by atoms with Gasteiger partial charge in [-0.2, -0.15) is 0 Å². The zero-order chi connectivity index (χ0) is 7.56. The minimum Gasteiger partial charge on any atom is -0.346 e. The van der Waals surface area contributed by atoms with E-state index in [1.54, 1.807) is 6.08 Å². The Morgan fingerprint density at radius 2 is 2.30 bits per heavy atom. The van der Waals surface area contributed by atoms with Gasteiger partial charge in [-0.15, -0.1) is 0 Å². The number of ketones is 1. The molecule has 0 saturated heterocycles. The second-order valence-corrected chi connectivity index (χ2v) is 1.90. The Labute approximate surface area is 58.4 Å². The summed E-state index contributed by atoms with van der Waals surface area (Å²) in [5.41, 5.74) is 0.392. The van der Waals surface area contributed by atoms with Gasteiger partial charge in [-0.3, -0.25) is 9.59 Å². The summed E-state index contributed by atoms with van der Waals surface area (Å²) >= 11 is 0. The highest BCUT2D eigenvalue weighted by Gasteiger charge is 2.18. The summed E-state index contributed by atoms with van der Waals surface area (Å²) in [4.78, 5) is 21.4. The van der Waals surface area contributed by atoms with E-state index in [1.165, 1.54) is 6.08 Å². The summed E-state index contributed by atoms with van der Waals surface area (Å²) in [5, 5.41) is 2.38. The fraction of sp³-hybridized carbons (Fsp3) is 0.143. The Morgan fingerprint density at radius 3 is 2.80 bits per heavy atom. The van der Waals surface area contributed by atoms with E-state index < -0.39 is 11.7 Å².